The van der Waals surface area contributed by atoms with E-state index in [1.165, 1.54) is 12.8 Å². The van der Waals surface area contributed by atoms with Crippen molar-refractivity contribution in [1.29, 1.82) is 0 Å². The minimum Gasteiger partial charge on any atom is -0.481 e. The molecule has 4 nitrogen and oxygen atoms in total. The number of carbonyl (C=O) groups is 1. The molecule has 1 fully saturated rings. The normalized spacial score (nSPS) is 14.1. The molecular formula is C23H20N2O2. The molecule has 1 aliphatic carbocycles. The summed E-state index contributed by atoms with van der Waals surface area (Å²) >= 11 is 0. The lowest BCUT2D eigenvalue weighted by Gasteiger charge is -2.07. The van der Waals surface area contributed by atoms with E-state index in [0.717, 1.165) is 51.0 Å². The SMILES string of the molecule is O=C(O)Cc1cn(CC2CC2)c2ccc(-c3ccc4ncccc4c3)cc12. The summed E-state index contributed by atoms with van der Waals surface area (Å²) in [5.41, 5.74) is 5.22. The number of aliphatic carboxylic acids is 1. The fourth-order valence-electron chi connectivity index (χ4n) is 3.84. The van der Waals surface area contributed by atoms with Crippen molar-refractivity contribution in [2.24, 2.45) is 5.92 Å². The van der Waals surface area contributed by atoms with Gasteiger partial charge in [0, 0.05) is 35.2 Å². The molecule has 0 saturated heterocycles. The molecular weight excluding hydrogens is 336 g/mol. The van der Waals surface area contributed by atoms with Crippen molar-refractivity contribution in [3.63, 3.8) is 0 Å². The van der Waals surface area contributed by atoms with Crippen molar-refractivity contribution in [3.8, 4) is 11.1 Å². The highest BCUT2D eigenvalue weighted by atomic mass is 16.4. The number of carboxylic acids is 1. The third kappa shape index (κ3) is 3.08. The molecule has 0 unspecified atom stereocenters. The first-order chi connectivity index (χ1) is 13.2. The maximum atomic E-state index is 11.3. The Hall–Kier alpha value is -3.14. The van der Waals surface area contributed by atoms with Crippen LogP contribution in [-0.2, 0) is 17.8 Å². The number of hydrogen-bond donors (Lipinski definition) is 1. The molecule has 0 amide bonds. The van der Waals surface area contributed by atoms with Crippen molar-refractivity contribution in [3.05, 3.63) is 66.5 Å². The van der Waals surface area contributed by atoms with E-state index in [-0.39, 0.29) is 6.42 Å². The minimum atomic E-state index is -0.789. The summed E-state index contributed by atoms with van der Waals surface area (Å²) in [7, 11) is 0. The zero-order valence-electron chi connectivity index (χ0n) is 14.9. The summed E-state index contributed by atoms with van der Waals surface area (Å²) in [5, 5.41) is 11.5. The van der Waals surface area contributed by atoms with E-state index >= 15 is 0 Å². The predicted molar refractivity (Wildman–Crippen MR) is 107 cm³/mol. The first kappa shape index (κ1) is 16.1. The fraction of sp³-hybridized carbons (Fsp3) is 0.217. The molecule has 4 aromatic rings. The van der Waals surface area contributed by atoms with Crippen LogP contribution < -0.4 is 0 Å². The topological polar surface area (TPSA) is 55.1 Å². The van der Waals surface area contributed by atoms with Gasteiger partial charge in [-0.2, -0.15) is 0 Å². The Morgan fingerprint density at radius 1 is 1.11 bits per heavy atom. The van der Waals surface area contributed by atoms with Gasteiger partial charge in [-0.1, -0.05) is 18.2 Å². The number of nitrogens with zero attached hydrogens (tertiary/aromatic N) is 2. The summed E-state index contributed by atoms with van der Waals surface area (Å²) in [6, 6.07) is 16.7. The van der Waals surface area contributed by atoms with Crippen LogP contribution in [0.15, 0.2) is 60.9 Å². The highest BCUT2D eigenvalue weighted by molar-refractivity contribution is 5.92. The van der Waals surface area contributed by atoms with Gasteiger partial charge >= 0.3 is 5.97 Å². The minimum absolute atomic E-state index is 0.0548. The third-order valence-corrected chi connectivity index (χ3v) is 5.39. The second kappa shape index (κ2) is 6.23. The van der Waals surface area contributed by atoms with E-state index in [1.54, 1.807) is 6.20 Å². The van der Waals surface area contributed by atoms with Gasteiger partial charge in [-0.15, -0.1) is 0 Å². The zero-order chi connectivity index (χ0) is 18.4. The predicted octanol–water partition coefficient (Wildman–Crippen LogP) is 4.89. The van der Waals surface area contributed by atoms with Gasteiger partial charge < -0.3 is 9.67 Å². The van der Waals surface area contributed by atoms with Gasteiger partial charge in [-0.05, 0) is 65.8 Å². The van der Waals surface area contributed by atoms with Gasteiger partial charge in [-0.25, -0.2) is 0 Å². The molecule has 5 rings (SSSR count). The van der Waals surface area contributed by atoms with Crippen molar-refractivity contribution in [2.45, 2.75) is 25.8 Å². The molecule has 134 valence electrons. The molecule has 0 atom stereocenters. The van der Waals surface area contributed by atoms with Crippen LogP contribution in [0.4, 0.5) is 0 Å². The van der Waals surface area contributed by atoms with E-state index in [1.807, 2.05) is 18.3 Å². The fourth-order valence-corrected chi connectivity index (χ4v) is 3.84. The average Bonchev–Trinajstić information content (AvgIpc) is 3.43. The van der Waals surface area contributed by atoms with Crippen LogP contribution in [0, 0.1) is 5.92 Å². The molecule has 0 bridgehead atoms. The summed E-state index contributed by atoms with van der Waals surface area (Å²) in [6.45, 7) is 0.983. The summed E-state index contributed by atoms with van der Waals surface area (Å²) in [4.78, 5) is 15.7. The Labute approximate surface area is 157 Å². The van der Waals surface area contributed by atoms with E-state index in [4.69, 9.17) is 0 Å². The van der Waals surface area contributed by atoms with Crippen molar-refractivity contribution >= 4 is 27.8 Å². The third-order valence-electron chi connectivity index (χ3n) is 5.39. The van der Waals surface area contributed by atoms with Crippen molar-refractivity contribution < 1.29 is 9.90 Å². The van der Waals surface area contributed by atoms with E-state index in [9.17, 15) is 9.90 Å². The molecule has 1 aliphatic rings. The standard InChI is InChI=1S/C23H20N2O2/c26-23(27)12-19-14-25(13-15-3-4-15)22-8-6-17(11-20(19)22)16-5-7-21-18(10-16)2-1-9-24-21/h1-2,5-11,14-15H,3-4,12-13H2,(H,26,27). The number of pyridine rings is 1. The number of aromatic nitrogens is 2. The van der Waals surface area contributed by atoms with E-state index in [2.05, 4.69) is 45.9 Å². The van der Waals surface area contributed by atoms with Crippen molar-refractivity contribution in [1.82, 2.24) is 9.55 Å². The molecule has 1 N–H and O–H groups in total. The maximum absolute atomic E-state index is 11.3. The van der Waals surface area contributed by atoms with E-state index < -0.39 is 5.97 Å². The average molecular weight is 356 g/mol. The Morgan fingerprint density at radius 2 is 1.93 bits per heavy atom. The number of carboxylic acid groups (broad SMARTS) is 1. The highest BCUT2D eigenvalue weighted by Crippen LogP contribution is 2.34. The van der Waals surface area contributed by atoms with Crippen LogP contribution in [-0.4, -0.2) is 20.6 Å². The first-order valence-electron chi connectivity index (χ1n) is 9.36. The summed E-state index contributed by atoms with van der Waals surface area (Å²) in [6.07, 6.45) is 6.44. The number of rotatable bonds is 5. The second-order valence-electron chi connectivity index (χ2n) is 7.46. The van der Waals surface area contributed by atoms with Gasteiger partial charge in [0.2, 0.25) is 0 Å². The number of hydrogen-bond acceptors (Lipinski definition) is 2. The second-order valence-corrected chi connectivity index (χ2v) is 7.46. The maximum Gasteiger partial charge on any atom is 0.307 e. The van der Waals surface area contributed by atoms with Crippen LogP contribution >= 0.6 is 0 Å². The Balaban J connectivity index is 1.62. The van der Waals surface area contributed by atoms with Crippen LogP contribution in [0.5, 0.6) is 0 Å². The number of benzene rings is 2. The Morgan fingerprint density at radius 3 is 2.74 bits per heavy atom. The van der Waals surface area contributed by atoms with Gasteiger partial charge in [0.25, 0.3) is 0 Å². The monoisotopic (exact) mass is 356 g/mol. The molecule has 27 heavy (non-hydrogen) atoms. The summed E-state index contributed by atoms with van der Waals surface area (Å²) in [5.74, 6) is -0.0476. The van der Waals surface area contributed by atoms with Gasteiger partial charge in [0.1, 0.15) is 0 Å². The molecule has 0 radical (unpaired) electrons. The highest BCUT2D eigenvalue weighted by Gasteiger charge is 2.23. The molecule has 4 heteroatoms. The Bertz CT molecular complexity index is 1170. The molecule has 0 aliphatic heterocycles. The van der Waals surface area contributed by atoms with Crippen LogP contribution in [0.1, 0.15) is 18.4 Å². The van der Waals surface area contributed by atoms with Gasteiger partial charge in [-0.3, -0.25) is 9.78 Å². The van der Waals surface area contributed by atoms with Crippen LogP contribution in [0.25, 0.3) is 32.9 Å². The Kier molecular flexibility index (Phi) is 3.71. The van der Waals surface area contributed by atoms with Crippen LogP contribution in [0.2, 0.25) is 0 Å². The molecule has 2 aromatic heterocycles. The lowest BCUT2D eigenvalue weighted by atomic mass is 10.0. The summed E-state index contributed by atoms with van der Waals surface area (Å²) < 4.78 is 2.24. The van der Waals surface area contributed by atoms with Crippen molar-refractivity contribution in [2.75, 3.05) is 0 Å². The van der Waals surface area contributed by atoms with Gasteiger partial charge in [0.15, 0.2) is 0 Å². The molecule has 0 spiro atoms. The largest absolute Gasteiger partial charge is 0.481 e. The molecule has 2 aromatic carbocycles. The molecule has 2 heterocycles. The van der Waals surface area contributed by atoms with Gasteiger partial charge in [0.05, 0.1) is 11.9 Å². The lowest BCUT2D eigenvalue weighted by molar-refractivity contribution is -0.136. The number of fused-ring (bicyclic) bond motifs is 2. The lowest BCUT2D eigenvalue weighted by Crippen LogP contribution is -2.00. The first-order valence-corrected chi connectivity index (χ1v) is 9.36. The molecule has 1 saturated carbocycles. The quantitative estimate of drug-likeness (QED) is 0.554. The van der Waals surface area contributed by atoms with Crippen LogP contribution in [0.3, 0.4) is 0 Å². The van der Waals surface area contributed by atoms with E-state index in [0.29, 0.717) is 0 Å². The zero-order valence-corrected chi connectivity index (χ0v) is 14.9. The smallest absolute Gasteiger partial charge is 0.307 e.